The minimum atomic E-state index is -0.492. The van der Waals surface area contributed by atoms with E-state index in [-0.39, 0.29) is 18.0 Å². The maximum atomic E-state index is 13.8. The molecule has 0 bridgehead atoms. The van der Waals surface area contributed by atoms with E-state index in [0.717, 1.165) is 0 Å². The molecule has 2 rings (SSSR count). The quantitative estimate of drug-likeness (QED) is 0.783. The average Bonchev–Trinajstić information content (AvgIpc) is 2.53. The van der Waals surface area contributed by atoms with Gasteiger partial charge in [0.15, 0.2) is 5.78 Å². The lowest BCUT2D eigenvalue weighted by Gasteiger charge is -2.11. The predicted octanol–water partition coefficient (Wildman–Crippen LogP) is 3.87. The average molecular weight is 283 g/mol. The molecule has 0 aromatic heterocycles. The van der Waals surface area contributed by atoms with E-state index in [1.807, 2.05) is 6.07 Å². The number of para-hydroxylation sites is 1. The van der Waals surface area contributed by atoms with E-state index in [4.69, 9.17) is 10.00 Å². The first-order valence-corrected chi connectivity index (χ1v) is 6.59. The molecule has 0 amide bonds. The Balaban J connectivity index is 2.17. The summed E-state index contributed by atoms with van der Waals surface area (Å²) in [6, 6.07) is 13.0. The standard InChI is InChI=1S/C17H14FNO2/c1-2-16(20)14-5-3-4-6-17(14)21-11-13-8-7-12(10-19)9-15(13)18/h3-9H,2,11H2,1H3. The second-order valence-corrected chi connectivity index (χ2v) is 4.48. The Hall–Kier alpha value is -2.67. The second-order valence-electron chi connectivity index (χ2n) is 4.48. The van der Waals surface area contributed by atoms with Gasteiger partial charge in [-0.05, 0) is 24.3 Å². The Morgan fingerprint density at radius 3 is 2.71 bits per heavy atom. The minimum Gasteiger partial charge on any atom is -0.488 e. The highest BCUT2D eigenvalue weighted by molar-refractivity contribution is 5.98. The van der Waals surface area contributed by atoms with E-state index >= 15 is 0 Å². The highest BCUT2D eigenvalue weighted by Gasteiger charge is 2.11. The first kappa shape index (κ1) is 14.7. The number of halogens is 1. The van der Waals surface area contributed by atoms with E-state index in [1.54, 1.807) is 31.2 Å². The number of ketones is 1. The largest absolute Gasteiger partial charge is 0.488 e. The number of carbonyl (C=O) groups excluding carboxylic acids is 1. The van der Waals surface area contributed by atoms with Crippen LogP contribution in [-0.4, -0.2) is 5.78 Å². The lowest BCUT2D eigenvalue weighted by atomic mass is 10.1. The Bertz CT molecular complexity index is 704. The summed E-state index contributed by atoms with van der Waals surface area (Å²) in [7, 11) is 0. The number of carbonyl (C=O) groups is 1. The molecule has 21 heavy (non-hydrogen) atoms. The Kier molecular flexibility index (Phi) is 4.68. The van der Waals surface area contributed by atoms with Crippen LogP contribution in [0.5, 0.6) is 5.75 Å². The summed E-state index contributed by atoms with van der Waals surface area (Å²) in [5.74, 6) is -0.0765. The molecule has 0 aliphatic carbocycles. The van der Waals surface area contributed by atoms with Gasteiger partial charge in [0.2, 0.25) is 0 Å². The van der Waals surface area contributed by atoms with Crippen LogP contribution in [0.25, 0.3) is 0 Å². The third-order valence-corrected chi connectivity index (χ3v) is 3.07. The maximum Gasteiger partial charge on any atom is 0.166 e. The smallest absolute Gasteiger partial charge is 0.166 e. The van der Waals surface area contributed by atoms with Gasteiger partial charge in [0.1, 0.15) is 18.2 Å². The van der Waals surface area contributed by atoms with Crippen molar-refractivity contribution in [2.24, 2.45) is 0 Å². The molecule has 106 valence electrons. The molecule has 0 radical (unpaired) electrons. The highest BCUT2D eigenvalue weighted by Crippen LogP contribution is 2.21. The normalized spacial score (nSPS) is 9.95. The highest BCUT2D eigenvalue weighted by atomic mass is 19.1. The number of benzene rings is 2. The maximum absolute atomic E-state index is 13.8. The minimum absolute atomic E-state index is 0.00551. The molecule has 0 saturated heterocycles. The van der Waals surface area contributed by atoms with Crippen molar-refractivity contribution in [3.8, 4) is 11.8 Å². The third-order valence-electron chi connectivity index (χ3n) is 3.07. The number of hydrogen-bond acceptors (Lipinski definition) is 3. The summed E-state index contributed by atoms with van der Waals surface area (Å²) in [4.78, 5) is 11.8. The van der Waals surface area contributed by atoms with Crippen molar-refractivity contribution in [2.45, 2.75) is 20.0 Å². The van der Waals surface area contributed by atoms with Crippen molar-refractivity contribution < 1.29 is 13.9 Å². The van der Waals surface area contributed by atoms with E-state index in [0.29, 0.717) is 23.3 Å². The van der Waals surface area contributed by atoms with E-state index in [9.17, 15) is 9.18 Å². The topological polar surface area (TPSA) is 50.1 Å². The van der Waals surface area contributed by atoms with Gasteiger partial charge in [0.25, 0.3) is 0 Å². The molecule has 0 saturated carbocycles. The van der Waals surface area contributed by atoms with E-state index in [1.165, 1.54) is 18.2 Å². The molecule has 2 aromatic rings. The van der Waals surface area contributed by atoms with E-state index in [2.05, 4.69) is 0 Å². The summed E-state index contributed by atoms with van der Waals surface area (Å²) >= 11 is 0. The van der Waals surface area contributed by atoms with Crippen LogP contribution in [0.15, 0.2) is 42.5 Å². The summed E-state index contributed by atoms with van der Waals surface area (Å²) in [5, 5.41) is 8.70. The van der Waals surface area contributed by atoms with Gasteiger partial charge in [-0.15, -0.1) is 0 Å². The van der Waals surface area contributed by atoms with Gasteiger partial charge in [-0.25, -0.2) is 4.39 Å². The lowest BCUT2D eigenvalue weighted by Crippen LogP contribution is -2.04. The van der Waals surface area contributed by atoms with Crippen molar-refractivity contribution in [3.05, 3.63) is 65.0 Å². The molecule has 0 aliphatic rings. The van der Waals surface area contributed by atoms with Crippen LogP contribution >= 0.6 is 0 Å². The number of hydrogen-bond donors (Lipinski definition) is 0. The summed E-state index contributed by atoms with van der Waals surface area (Å²) in [6.07, 6.45) is 0.381. The first-order chi connectivity index (χ1) is 10.2. The van der Waals surface area contributed by atoms with Crippen LogP contribution < -0.4 is 4.74 Å². The van der Waals surface area contributed by atoms with Gasteiger partial charge in [-0.2, -0.15) is 5.26 Å². The van der Waals surface area contributed by atoms with Gasteiger partial charge in [-0.3, -0.25) is 4.79 Å². The fourth-order valence-corrected chi connectivity index (χ4v) is 1.90. The number of ether oxygens (including phenoxy) is 1. The molecular weight excluding hydrogens is 269 g/mol. The zero-order chi connectivity index (χ0) is 15.2. The Morgan fingerprint density at radius 2 is 2.05 bits per heavy atom. The molecule has 0 N–H and O–H groups in total. The van der Waals surface area contributed by atoms with Crippen LogP contribution in [0, 0.1) is 17.1 Å². The van der Waals surface area contributed by atoms with Crippen LogP contribution in [0.1, 0.15) is 34.8 Å². The zero-order valence-corrected chi connectivity index (χ0v) is 11.6. The summed E-state index contributed by atoms with van der Waals surface area (Å²) < 4.78 is 19.3. The molecule has 0 unspecified atom stereocenters. The molecule has 0 heterocycles. The van der Waals surface area contributed by atoms with Crippen LogP contribution in [0.4, 0.5) is 4.39 Å². The van der Waals surface area contributed by atoms with Crippen LogP contribution in [0.2, 0.25) is 0 Å². The van der Waals surface area contributed by atoms with Crippen molar-refractivity contribution in [3.63, 3.8) is 0 Å². The van der Waals surface area contributed by atoms with Gasteiger partial charge in [-0.1, -0.05) is 25.1 Å². The molecule has 0 atom stereocenters. The lowest BCUT2D eigenvalue weighted by molar-refractivity contribution is 0.0983. The first-order valence-electron chi connectivity index (χ1n) is 6.59. The van der Waals surface area contributed by atoms with Gasteiger partial charge >= 0.3 is 0 Å². The number of rotatable bonds is 5. The van der Waals surface area contributed by atoms with Crippen molar-refractivity contribution in [2.75, 3.05) is 0 Å². The number of nitriles is 1. The molecule has 3 nitrogen and oxygen atoms in total. The van der Waals surface area contributed by atoms with Gasteiger partial charge < -0.3 is 4.74 Å². The molecule has 4 heteroatoms. The van der Waals surface area contributed by atoms with Crippen molar-refractivity contribution in [1.29, 1.82) is 5.26 Å². The van der Waals surface area contributed by atoms with Gasteiger partial charge in [0, 0.05) is 12.0 Å². The molecule has 2 aromatic carbocycles. The van der Waals surface area contributed by atoms with Crippen LogP contribution in [0.3, 0.4) is 0 Å². The summed E-state index contributed by atoms with van der Waals surface area (Å²) in [6.45, 7) is 1.78. The Morgan fingerprint density at radius 1 is 1.29 bits per heavy atom. The molecule has 0 spiro atoms. The number of nitrogens with zero attached hydrogens (tertiary/aromatic N) is 1. The third kappa shape index (κ3) is 3.46. The fourth-order valence-electron chi connectivity index (χ4n) is 1.90. The van der Waals surface area contributed by atoms with Gasteiger partial charge in [0.05, 0.1) is 17.2 Å². The summed E-state index contributed by atoms with van der Waals surface area (Å²) in [5.41, 5.74) is 1.10. The van der Waals surface area contributed by atoms with Crippen LogP contribution in [-0.2, 0) is 6.61 Å². The monoisotopic (exact) mass is 283 g/mol. The van der Waals surface area contributed by atoms with Crippen molar-refractivity contribution >= 4 is 5.78 Å². The molecular formula is C17H14FNO2. The fraction of sp³-hybridized carbons (Fsp3) is 0.176. The number of Topliss-reactive ketones (excluding diaryl/α,β-unsaturated/α-hetero) is 1. The Labute approximate surface area is 122 Å². The van der Waals surface area contributed by atoms with E-state index < -0.39 is 5.82 Å². The zero-order valence-electron chi connectivity index (χ0n) is 11.6. The SMILES string of the molecule is CCC(=O)c1ccccc1OCc1ccc(C#N)cc1F. The second kappa shape index (κ2) is 6.67. The van der Waals surface area contributed by atoms with Crippen molar-refractivity contribution in [1.82, 2.24) is 0 Å². The molecule has 0 fully saturated rings. The predicted molar refractivity (Wildman–Crippen MR) is 76.5 cm³/mol. The molecule has 0 aliphatic heterocycles.